The minimum absolute atomic E-state index is 0.0116. The average Bonchev–Trinajstić information content (AvgIpc) is 2.12. The molecule has 4 nitrogen and oxygen atoms in total. The molecule has 44 valence electrons. The normalized spacial score (nSPS) is 13.8. The van der Waals surface area contributed by atoms with Gasteiger partial charge in [0.15, 0.2) is 6.33 Å². The Bertz CT molecular complexity index is 146. The van der Waals surface area contributed by atoms with E-state index in [9.17, 15) is 0 Å². The molecule has 0 amide bonds. The molecule has 0 aliphatic rings. The maximum Gasteiger partial charge on any atom is 0.162 e. The highest BCUT2D eigenvalue weighted by molar-refractivity contribution is 7.80. The van der Waals surface area contributed by atoms with Gasteiger partial charge in [0.2, 0.25) is 0 Å². The van der Waals surface area contributed by atoms with Crippen LogP contribution >= 0.6 is 12.6 Å². The fourth-order valence-corrected chi connectivity index (χ4v) is 0.452. The molecule has 0 N–H and O–H groups in total. The Hall–Kier alpha value is -0.580. The Morgan fingerprint density at radius 1 is 1.75 bits per heavy atom. The molecule has 1 aromatic rings. The average molecular weight is 130 g/mol. The number of hydrogen-bond acceptors (Lipinski definition) is 4. The van der Waals surface area contributed by atoms with Gasteiger partial charge in [0.1, 0.15) is 5.37 Å². The molecule has 1 rings (SSSR count). The zero-order valence-corrected chi connectivity index (χ0v) is 5.29. The SMILES string of the molecule is CC(S)n1ncnn1. The Labute approximate surface area is 52.3 Å². The molecular weight excluding hydrogens is 124 g/mol. The van der Waals surface area contributed by atoms with E-state index in [1.54, 1.807) is 0 Å². The van der Waals surface area contributed by atoms with Crippen molar-refractivity contribution in [1.82, 2.24) is 20.2 Å². The predicted molar refractivity (Wildman–Crippen MR) is 31.5 cm³/mol. The molecule has 0 aliphatic carbocycles. The summed E-state index contributed by atoms with van der Waals surface area (Å²) in [5.41, 5.74) is 0. The van der Waals surface area contributed by atoms with Crippen LogP contribution in [0.25, 0.3) is 0 Å². The first-order valence-electron chi connectivity index (χ1n) is 2.21. The van der Waals surface area contributed by atoms with Gasteiger partial charge in [-0.05, 0) is 12.1 Å². The van der Waals surface area contributed by atoms with Crippen LogP contribution < -0.4 is 0 Å². The van der Waals surface area contributed by atoms with Gasteiger partial charge in [-0.15, -0.1) is 10.2 Å². The van der Waals surface area contributed by atoms with Crippen LogP contribution in [0.3, 0.4) is 0 Å². The smallest absolute Gasteiger partial charge is 0.152 e. The van der Waals surface area contributed by atoms with E-state index < -0.39 is 0 Å². The van der Waals surface area contributed by atoms with Crippen LogP contribution in [0.4, 0.5) is 0 Å². The van der Waals surface area contributed by atoms with Crippen molar-refractivity contribution < 1.29 is 0 Å². The van der Waals surface area contributed by atoms with Crippen LogP contribution in [0.1, 0.15) is 12.3 Å². The lowest BCUT2D eigenvalue weighted by Gasteiger charge is -1.96. The first-order valence-corrected chi connectivity index (χ1v) is 2.73. The Balaban J connectivity index is 2.77. The summed E-state index contributed by atoms with van der Waals surface area (Å²) in [6, 6.07) is 0. The third kappa shape index (κ3) is 0.975. The van der Waals surface area contributed by atoms with Crippen LogP contribution in [0, 0.1) is 0 Å². The van der Waals surface area contributed by atoms with Crippen molar-refractivity contribution >= 4 is 12.6 Å². The highest BCUT2D eigenvalue weighted by Crippen LogP contribution is 2.02. The molecule has 0 aromatic carbocycles. The topological polar surface area (TPSA) is 43.6 Å². The second-order valence-electron chi connectivity index (χ2n) is 1.39. The number of nitrogens with zero attached hydrogens (tertiary/aromatic N) is 4. The van der Waals surface area contributed by atoms with E-state index in [4.69, 9.17) is 0 Å². The molecule has 1 unspecified atom stereocenters. The molecular formula is C3H6N4S. The van der Waals surface area contributed by atoms with Crippen LogP contribution in [-0.2, 0) is 0 Å². The quantitative estimate of drug-likeness (QED) is 0.549. The lowest BCUT2D eigenvalue weighted by molar-refractivity contribution is 0.542. The number of thiol groups is 1. The summed E-state index contributed by atoms with van der Waals surface area (Å²) in [5.74, 6) is 0. The second kappa shape index (κ2) is 2.13. The fraction of sp³-hybridized carbons (Fsp3) is 0.667. The summed E-state index contributed by atoms with van der Waals surface area (Å²) in [6.07, 6.45) is 1.38. The number of hydrogen-bond donors (Lipinski definition) is 1. The molecule has 0 saturated carbocycles. The molecule has 0 fully saturated rings. The molecule has 1 atom stereocenters. The molecule has 5 heteroatoms. The molecule has 0 aliphatic heterocycles. The van der Waals surface area contributed by atoms with Crippen LogP contribution in [0.5, 0.6) is 0 Å². The van der Waals surface area contributed by atoms with Crippen molar-refractivity contribution in [3.8, 4) is 0 Å². The standard InChI is InChI=1S/C3H6N4S/c1-3(8)7-5-2-4-6-7/h2-3,8H,1H3. The number of aromatic nitrogens is 4. The summed E-state index contributed by atoms with van der Waals surface area (Å²) < 4.78 is 0. The maximum absolute atomic E-state index is 4.05. The van der Waals surface area contributed by atoms with E-state index in [1.807, 2.05) is 6.92 Å². The van der Waals surface area contributed by atoms with E-state index in [2.05, 4.69) is 28.0 Å². The lowest BCUT2D eigenvalue weighted by atomic mass is 10.8. The molecule has 8 heavy (non-hydrogen) atoms. The minimum Gasteiger partial charge on any atom is -0.152 e. The summed E-state index contributed by atoms with van der Waals surface area (Å²) >= 11 is 4.05. The fourth-order valence-electron chi connectivity index (χ4n) is 0.346. The van der Waals surface area contributed by atoms with Gasteiger partial charge in [-0.25, -0.2) is 0 Å². The van der Waals surface area contributed by atoms with Crippen molar-refractivity contribution in [2.45, 2.75) is 12.3 Å². The van der Waals surface area contributed by atoms with Gasteiger partial charge in [-0.1, -0.05) is 0 Å². The van der Waals surface area contributed by atoms with E-state index in [-0.39, 0.29) is 5.37 Å². The minimum atomic E-state index is 0.0116. The van der Waals surface area contributed by atoms with Gasteiger partial charge in [-0.3, -0.25) is 0 Å². The Morgan fingerprint density at radius 2 is 2.50 bits per heavy atom. The van der Waals surface area contributed by atoms with E-state index in [0.29, 0.717) is 0 Å². The third-order valence-corrected chi connectivity index (χ3v) is 0.906. The van der Waals surface area contributed by atoms with E-state index in [0.717, 1.165) is 0 Å². The summed E-state index contributed by atoms with van der Waals surface area (Å²) in [5, 5.41) is 10.8. The van der Waals surface area contributed by atoms with Gasteiger partial charge in [0.25, 0.3) is 0 Å². The highest BCUT2D eigenvalue weighted by Gasteiger charge is 1.95. The highest BCUT2D eigenvalue weighted by atomic mass is 32.1. The van der Waals surface area contributed by atoms with Crippen molar-refractivity contribution in [3.05, 3.63) is 6.33 Å². The van der Waals surface area contributed by atoms with Gasteiger partial charge >= 0.3 is 0 Å². The third-order valence-electron chi connectivity index (χ3n) is 0.699. The van der Waals surface area contributed by atoms with Crippen molar-refractivity contribution in [1.29, 1.82) is 0 Å². The zero-order chi connectivity index (χ0) is 5.98. The molecule has 0 bridgehead atoms. The number of rotatable bonds is 1. The van der Waals surface area contributed by atoms with Crippen LogP contribution in [0.15, 0.2) is 6.33 Å². The Morgan fingerprint density at radius 3 is 2.75 bits per heavy atom. The van der Waals surface area contributed by atoms with Crippen LogP contribution in [0.2, 0.25) is 0 Å². The van der Waals surface area contributed by atoms with E-state index >= 15 is 0 Å². The van der Waals surface area contributed by atoms with Crippen LogP contribution in [-0.4, -0.2) is 20.2 Å². The van der Waals surface area contributed by atoms with E-state index in [1.165, 1.54) is 11.1 Å². The molecule has 0 saturated heterocycles. The second-order valence-corrected chi connectivity index (χ2v) is 2.14. The first kappa shape index (κ1) is 5.55. The molecule has 1 aromatic heterocycles. The molecule has 1 heterocycles. The first-order chi connectivity index (χ1) is 3.80. The van der Waals surface area contributed by atoms with Crippen molar-refractivity contribution in [2.24, 2.45) is 0 Å². The summed E-state index contributed by atoms with van der Waals surface area (Å²) in [6.45, 7) is 1.87. The predicted octanol–water partition coefficient (Wildman–Crippen LogP) is 0.121. The van der Waals surface area contributed by atoms with Gasteiger partial charge in [0, 0.05) is 0 Å². The largest absolute Gasteiger partial charge is 0.162 e. The van der Waals surface area contributed by atoms with Gasteiger partial charge in [-0.2, -0.15) is 17.4 Å². The number of tetrazole rings is 1. The van der Waals surface area contributed by atoms with Gasteiger partial charge < -0.3 is 0 Å². The maximum atomic E-state index is 4.05. The monoisotopic (exact) mass is 130 g/mol. The summed E-state index contributed by atoms with van der Waals surface area (Å²) in [7, 11) is 0. The Kier molecular flexibility index (Phi) is 1.48. The molecule has 0 spiro atoms. The lowest BCUT2D eigenvalue weighted by Crippen LogP contribution is -2.02. The summed E-state index contributed by atoms with van der Waals surface area (Å²) in [4.78, 5) is 1.42. The molecule has 0 radical (unpaired) electrons. The zero-order valence-electron chi connectivity index (χ0n) is 4.39. The van der Waals surface area contributed by atoms with Gasteiger partial charge in [0.05, 0.1) is 0 Å². The van der Waals surface area contributed by atoms with Crippen molar-refractivity contribution in [2.75, 3.05) is 0 Å². The van der Waals surface area contributed by atoms with Crippen molar-refractivity contribution in [3.63, 3.8) is 0 Å².